The molecule has 0 atom stereocenters. The average Bonchev–Trinajstić information content (AvgIpc) is 3.27. The summed E-state index contributed by atoms with van der Waals surface area (Å²) < 4.78 is 6.16. The van der Waals surface area contributed by atoms with Gasteiger partial charge in [-0.25, -0.2) is 4.98 Å². The Morgan fingerprint density at radius 1 is 1.30 bits per heavy atom. The van der Waals surface area contributed by atoms with Crippen LogP contribution in [0.15, 0.2) is 30.3 Å². The fourth-order valence-electron chi connectivity index (χ4n) is 2.43. The van der Waals surface area contributed by atoms with Crippen molar-refractivity contribution in [2.45, 2.75) is 0 Å². The Balaban J connectivity index is 1.96. The highest BCUT2D eigenvalue weighted by molar-refractivity contribution is 7.22. The van der Waals surface area contributed by atoms with Crippen LogP contribution in [0.3, 0.4) is 0 Å². The van der Waals surface area contributed by atoms with Gasteiger partial charge in [0.15, 0.2) is 5.13 Å². The van der Waals surface area contributed by atoms with Crippen LogP contribution in [0.4, 0.5) is 10.1 Å². The topological polar surface area (TPSA) is 90.0 Å². The van der Waals surface area contributed by atoms with E-state index in [1.54, 1.807) is 12.0 Å². The molecule has 3 aromatic rings. The molecule has 0 aliphatic carbocycles. The van der Waals surface area contributed by atoms with Gasteiger partial charge in [0.05, 0.1) is 54.3 Å². The minimum atomic E-state index is -0.486. The van der Waals surface area contributed by atoms with E-state index in [-0.39, 0.29) is 10.9 Å². The number of methoxy groups -OCH3 is 1. The van der Waals surface area contributed by atoms with Crippen molar-refractivity contribution in [3.05, 3.63) is 45.3 Å². The van der Waals surface area contributed by atoms with Crippen molar-refractivity contribution in [1.82, 2.24) is 4.98 Å². The number of rotatable bonds is 7. The van der Waals surface area contributed by atoms with E-state index in [1.807, 2.05) is 32.3 Å². The van der Waals surface area contributed by atoms with Gasteiger partial charge in [0.2, 0.25) is 0 Å². The van der Waals surface area contributed by atoms with E-state index in [0.29, 0.717) is 16.6 Å². The van der Waals surface area contributed by atoms with E-state index in [4.69, 9.17) is 4.74 Å². The molecule has 1 amide bonds. The molecule has 1 aromatic carbocycles. The Kier molecular flexibility index (Phi) is 5.68. The number of thiazole rings is 1. The number of amides is 1. The number of nitro groups is 1. The highest BCUT2D eigenvalue weighted by Gasteiger charge is 2.25. The second-order valence-corrected chi connectivity index (χ2v) is 8.21. The maximum absolute atomic E-state index is 13.0. The fourth-order valence-corrected chi connectivity index (χ4v) is 4.22. The summed E-state index contributed by atoms with van der Waals surface area (Å²) in [6.07, 6.45) is 0. The zero-order valence-corrected chi connectivity index (χ0v) is 16.7. The Morgan fingerprint density at radius 2 is 2.07 bits per heavy atom. The largest absolute Gasteiger partial charge is 0.497 e. The van der Waals surface area contributed by atoms with Crippen LogP contribution >= 0.6 is 22.7 Å². The number of hydrogen-bond donors (Lipinski definition) is 1. The van der Waals surface area contributed by atoms with E-state index in [2.05, 4.69) is 4.98 Å². The molecule has 8 nitrogen and oxygen atoms in total. The van der Waals surface area contributed by atoms with Crippen molar-refractivity contribution in [3.8, 4) is 5.75 Å². The average molecular weight is 407 g/mol. The molecule has 27 heavy (non-hydrogen) atoms. The lowest BCUT2D eigenvalue weighted by Crippen LogP contribution is -3.06. The predicted octanol–water partition coefficient (Wildman–Crippen LogP) is 2.07. The summed E-state index contributed by atoms with van der Waals surface area (Å²) in [7, 11) is 5.60. The lowest BCUT2D eigenvalue weighted by Gasteiger charge is -2.19. The van der Waals surface area contributed by atoms with Crippen molar-refractivity contribution in [2.24, 2.45) is 0 Å². The number of carbonyl (C=O) groups excluding carboxylic acids is 1. The monoisotopic (exact) mass is 407 g/mol. The zero-order chi connectivity index (χ0) is 19.6. The number of thiophene rings is 1. The molecule has 0 spiro atoms. The third-order valence-corrected chi connectivity index (χ3v) is 5.94. The van der Waals surface area contributed by atoms with Crippen LogP contribution in [0, 0.1) is 10.1 Å². The SMILES string of the molecule is COc1ccc2nc(N(CC[NH+](C)C)C(=O)c3ccc([N+](=O)[O-])s3)sc2c1. The summed E-state index contributed by atoms with van der Waals surface area (Å²) in [6, 6.07) is 8.41. The van der Waals surface area contributed by atoms with Gasteiger partial charge < -0.3 is 9.64 Å². The highest BCUT2D eigenvalue weighted by Crippen LogP contribution is 2.33. The first-order valence-electron chi connectivity index (χ1n) is 8.18. The standard InChI is InChI=1S/C17H18N4O4S2/c1-19(2)8-9-20(16(22)13-6-7-15(26-13)21(23)24)17-18-12-5-4-11(25-3)10-14(12)27-17/h4-7,10H,8-9H2,1-3H3/p+1. The number of nitrogens with zero attached hydrogens (tertiary/aromatic N) is 3. The van der Waals surface area contributed by atoms with Crippen LogP contribution in [0.2, 0.25) is 0 Å². The third kappa shape index (κ3) is 4.24. The summed E-state index contributed by atoms with van der Waals surface area (Å²) in [4.78, 5) is 31.2. The zero-order valence-electron chi connectivity index (χ0n) is 15.1. The number of benzene rings is 1. The molecule has 142 valence electrons. The van der Waals surface area contributed by atoms with Crippen molar-refractivity contribution in [3.63, 3.8) is 0 Å². The van der Waals surface area contributed by atoms with Crippen LogP contribution in [0.5, 0.6) is 5.75 Å². The van der Waals surface area contributed by atoms with E-state index < -0.39 is 4.92 Å². The number of likely N-dealkylation sites (N-methyl/N-ethyl adjacent to an activating group) is 1. The van der Waals surface area contributed by atoms with Gasteiger partial charge in [-0.3, -0.25) is 19.8 Å². The van der Waals surface area contributed by atoms with Crippen LogP contribution in [0.1, 0.15) is 9.67 Å². The molecule has 2 heterocycles. The number of anilines is 1. The summed E-state index contributed by atoms with van der Waals surface area (Å²) in [5.41, 5.74) is 0.781. The number of nitrogens with one attached hydrogen (secondary N) is 1. The van der Waals surface area contributed by atoms with E-state index in [9.17, 15) is 14.9 Å². The minimum absolute atomic E-state index is 0.0504. The molecule has 0 bridgehead atoms. The van der Waals surface area contributed by atoms with Crippen molar-refractivity contribution in [1.29, 1.82) is 0 Å². The van der Waals surface area contributed by atoms with E-state index in [0.717, 1.165) is 33.8 Å². The number of ether oxygens (including phenoxy) is 1. The van der Waals surface area contributed by atoms with Gasteiger partial charge >= 0.3 is 5.00 Å². The van der Waals surface area contributed by atoms with Crippen molar-refractivity contribution in [2.75, 3.05) is 39.2 Å². The quantitative estimate of drug-likeness (QED) is 0.478. The first kappa shape index (κ1) is 19.2. The van der Waals surface area contributed by atoms with Crippen LogP contribution in [-0.2, 0) is 0 Å². The van der Waals surface area contributed by atoms with Gasteiger partial charge in [-0.05, 0) is 24.3 Å². The Labute approximate surface area is 163 Å². The Morgan fingerprint density at radius 3 is 2.70 bits per heavy atom. The lowest BCUT2D eigenvalue weighted by molar-refractivity contribution is -0.856. The molecule has 0 unspecified atom stereocenters. The first-order valence-corrected chi connectivity index (χ1v) is 9.82. The molecular formula is C17H19N4O4S2+. The predicted molar refractivity (Wildman–Crippen MR) is 106 cm³/mol. The van der Waals surface area contributed by atoms with Gasteiger partial charge in [-0.15, -0.1) is 0 Å². The number of aromatic nitrogens is 1. The maximum atomic E-state index is 13.0. The number of fused-ring (bicyclic) bond motifs is 1. The first-order chi connectivity index (χ1) is 12.9. The molecular weight excluding hydrogens is 388 g/mol. The molecule has 0 saturated heterocycles. The Hall–Kier alpha value is -2.56. The van der Waals surface area contributed by atoms with Crippen LogP contribution < -0.4 is 14.5 Å². The summed E-state index contributed by atoms with van der Waals surface area (Å²) in [5, 5.41) is 11.5. The van der Waals surface area contributed by atoms with Crippen LogP contribution in [-0.4, -0.2) is 50.1 Å². The number of quaternary nitrogens is 1. The minimum Gasteiger partial charge on any atom is -0.497 e. The number of carbonyl (C=O) groups is 1. The van der Waals surface area contributed by atoms with Gasteiger partial charge in [-0.2, -0.15) is 0 Å². The highest BCUT2D eigenvalue weighted by atomic mass is 32.1. The molecule has 0 radical (unpaired) electrons. The molecule has 0 aliphatic rings. The third-order valence-electron chi connectivity index (χ3n) is 3.88. The van der Waals surface area contributed by atoms with E-state index >= 15 is 0 Å². The lowest BCUT2D eigenvalue weighted by atomic mass is 10.3. The molecule has 10 heteroatoms. The van der Waals surface area contributed by atoms with Gasteiger partial charge in [-0.1, -0.05) is 22.7 Å². The normalized spacial score (nSPS) is 11.1. The summed E-state index contributed by atoms with van der Waals surface area (Å²) in [6.45, 7) is 1.18. The molecule has 0 fully saturated rings. The van der Waals surface area contributed by atoms with Crippen molar-refractivity contribution < 1.29 is 19.4 Å². The molecule has 1 N–H and O–H groups in total. The molecule has 0 aliphatic heterocycles. The fraction of sp³-hybridized carbons (Fsp3) is 0.294. The summed E-state index contributed by atoms with van der Waals surface area (Å²) >= 11 is 2.28. The molecule has 2 aromatic heterocycles. The van der Waals surface area contributed by atoms with E-state index in [1.165, 1.54) is 28.4 Å². The summed E-state index contributed by atoms with van der Waals surface area (Å²) in [5.74, 6) is 0.447. The van der Waals surface area contributed by atoms with Gasteiger partial charge in [0.25, 0.3) is 5.91 Å². The smallest absolute Gasteiger partial charge is 0.324 e. The molecule has 3 rings (SSSR count). The van der Waals surface area contributed by atoms with Crippen molar-refractivity contribution >= 4 is 48.9 Å². The Bertz CT molecular complexity index is 982. The van der Waals surface area contributed by atoms with Gasteiger partial charge in [0, 0.05) is 6.07 Å². The molecule has 0 saturated carbocycles. The number of hydrogen-bond acceptors (Lipinski definition) is 7. The van der Waals surface area contributed by atoms with Crippen LogP contribution in [0.25, 0.3) is 10.2 Å². The van der Waals surface area contributed by atoms with Gasteiger partial charge in [0.1, 0.15) is 5.75 Å². The second-order valence-electron chi connectivity index (χ2n) is 6.14. The maximum Gasteiger partial charge on any atom is 0.324 e. The second kappa shape index (κ2) is 7.99.